The van der Waals surface area contributed by atoms with Gasteiger partial charge in [-0.3, -0.25) is 9.59 Å². The molecule has 0 saturated heterocycles. The van der Waals surface area contributed by atoms with E-state index in [0.29, 0.717) is 11.3 Å². The molecule has 33 heavy (non-hydrogen) atoms. The van der Waals surface area contributed by atoms with E-state index in [-0.39, 0.29) is 28.8 Å². The number of hydrogen-bond acceptors (Lipinski definition) is 4. The SMILES string of the molecule is O=C(COc1ccc(/C=N\NC(=O)c2cccc(C(F)(F)F)c2)cc1Cl)Nc1ccccc1. The van der Waals surface area contributed by atoms with Crippen LogP contribution < -0.4 is 15.5 Å². The second-order valence-corrected chi connectivity index (χ2v) is 7.08. The number of carbonyl (C=O) groups excluding carboxylic acids is 2. The maximum Gasteiger partial charge on any atom is 0.416 e. The third-order valence-electron chi connectivity index (χ3n) is 4.20. The summed E-state index contributed by atoms with van der Waals surface area (Å²) in [6, 6.07) is 17.5. The minimum Gasteiger partial charge on any atom is -0.482 e. The maximum atomic E-state index is 12.8. The lowest BCUT2D eigenvalue weighted by Gasteiger charge is -2.09. The van der Waals surface area contributed by atoms with Gasteiger partial charge in [0.25, 0.3) is 11.8 Å². The number of alkyl halides is 3. The highest BCUT2D eigenvalue weighted by atomic mass is 35.5. The van der Waals surface area contributed by atoms with Crippen LogP contribution in [0.3, 0.4) is 0 Å². The number of hydrogen-bond donors (Lipinski definition) is 2. The number of benzene rings is 3. The van der Waals surface area contributed by atoms with E-state index in [1.165, 1.54) is 24.4 Å². The summed E-state index contributed by atoms with van der Waals surface area (Å²) in [6.07, 6.45) is -3.29. The van der Waals surface area contributed by atoms with Crippen LogP contribution in [0.25, 0.3) is 0 Å². The molecule has 3 aromatic rings. The predicted octanol–water partition coefficient (Wildman–Crippen LogP) is 5.14. The Morgan fingerprint density at radius 1 is 1.00 bits per heavy atom. The molecule has 0 bridgehead atoms. The molecule has 170 valence electrons. The van der Waals surface area contributed by atoms with Crippen molar-refractivity contribution in [2.45, 2.75) is 6.18 Å². The van der Waals surface area contributed by atoms with Crippen molar-refractivity contribution in [3.05, 3.63) is 94.5 Å². The molecule has 0 fully saturated rings. The standard InChI is InChI=1S/C23H17ClF3N3O3/c24-19-11-15(9-10-20(19)33-14-21(31)29-18-7-2-1-3-8-18)13-28-30-22(32)16-5-4-6-17(12-16)23(25,26)27/h1-13H,14H2,(H,29,31)(H,30,32)/b28-13-. The lowest BCUT2D eigenvalue weighted by molar-refractivity contribution is -0.137. The lowest BCUT2D eigenvalue weighted by atomic mass is 10.1. The van der Waals surface area contributed by atoms with Gasteiger partial charge in [-0.15, -0.1) is 0 Å². The van der Waals surface area contributed by atoms with Gasteiger partial charge >= 0.3 is 6.18 Å². The monoisotopic (exact) mass is 475 g/mol. The van der Waals surface area contributed by atoms with Crippen molar-refractivity contribution in [3.8, 4) is 5.75 Å². The van der Waals surface area contributed by atoms with Gasteiger partial charge in [0.2, 0.25) is 0 Å². The number of carbonyl (C=O) groups is 2. The summed E-state index contributed by atoms with van der Waals surface area (Å²) in [5, 5.41) is 6.61. The van der Waals surface area contributed by atoms with Gasteiger partial charge in [-0.1, -0.05) is 35.9 Å². The Hall–Kier alpha value is -3.85. The summed E-state index contributed by atoms with van der Waals surface area (Å²) in [7, 11) is 0. The molecule has 2 amide bonds. The molecule has 0 spiro atoms. The summed E-state index contributed by atoms with van der Waals surface area (Å²) in [6.45, 7) is -0.255. The third kappa shape index (κ3) is 7.08. The molecule has 0 heterocycles. The molecular weight excluding hydrogens is 459 g/mol. The van der Waals surface area contributed by atoms with Crippen LogP contribution in [0, 0.1) is 0 Å². The van der Waals surface area contributed by atoms with Gasteiger partial charge < -0.3 is 10.1 Å². The van der Waals surface area contributed by atoms with E-state index in [2.05, 4.69) is 15.8 Å². The number of ether oxygens (including phenoxy) is 1. The number of nitrogens with zero attached hydrogens (tertiary/aromatic N) is 1. The van der Waals surface area contributed by atoms with Crippen LogP contribution in [-0.4, -0.2) is 24.6 Å². The van der Waals surface area contributed by atoms with Crippen molar-refractivity contribution in [1.82, 2.24) is 5.43 Å². The molecule has 0 aromatic heterocycles. The van der Waals surface area contributed by atoms with Crippen LogP contribution in [-0.2, 0) is 11.0 Å². The zero-order valence-electron chi connectivity index (χ0n) is 16.9. The average Bonchev–Trinajstić information content (AvgIpc) is 2.78. The van der Waals surface area contributed by atoms with Crippen LogP contribution >= 0.6 is 11.6 Å². The second-order valence-electron chi connectivity index (χ2n) is 6.67. The minimum absolute atomic E-state index is 0.183. The van der Waals surface area contributed by atoms with E-state index in [1.807, 2.05) is 6.07 Å². The van der Waals surface area contributed by atoms with Crippen LogP contribution in [0.5, 0.6) is 5.75 Å². The summed E-state index contributed by atoms with van der Waals surface area (Å²) in [5.74, 6) is -0.891. The molecular formula is C23H17ClF3N3O3. The first-order chi connectivity index (χ1) is 15.7. The van der Waals surface area contributed by atoms with E-state index in [4.69, 9.17) is 16.3 Å². The summed E-state index contributed by atoms with van der Waals surface area (Å²) < 4.78 is 43.7. The summed E-state index contributed by atoms with van der Waals surface area (Å²) >= 11 is 6.16. The van der Waals surface area contributed by atoms with Gasteiger partial charge in [0.1, 0.15) is 5.75 Å². The molecule has 2 N–H and O–H groups in total. The van der Waals surface area contributed by atoms with Crippen molar-refractivity contribution in [2.75, 3.05) is 11.9 Å². The fourth-order valence-electron chi connectivity index (χ4n) is 2.64. The van der Waals surface area contributed by atoms with E-state index in [0.717, 1.165) is 18.2 Å². The largest absolute Gasteiger partial charge is 0.482 e. The molecule has 3 aromatic carbocycles. The Balaban J connectivity index is 1.54. The molecule has 0 aliphatic carbocycles. The van der Waals surface area contributed by atoms with Crippen molar-refractivity contribution in [2.24, 2.45) is 5.10 Å². The van der Waals surface area contributed by atoms with E-state index in [9.17, 15) is 22.8 Å². The number of nitrogens with one attached hydrogen (secondary N) is 2. The highest BCUT2D eigenvalue weighted by Crippen LogP contribution is 2.29. The topological polar surface area (TPSA) is 79.8 Å². The number of para-hydroxylation sites is 1. The molecule has 6 nitrogen and oxygen atoms in total. The number of halogens is 4. The van der Waals surface area contributed by atoms with Crippen molar-refractivity contribution in [3.63, 3.8) is 0 Å². The zero-order valence-corrected chi connectivity index (χ0v) is 17.7. The molecule has 0 atom stereocenters. The van der Waals surface area contributed by atoms with E-state index in [1.54, 1.807) is 30.3 Å². The van der Waals surface area contributed by atoms with Crippen molar-refractivity contribution >= 4 is 35.3 Å². The molecule has 0 unspecified atom stereocenters. The Labute approximate surface area is 192 Å². The van der Waals surface area contributed by atoms with Crippen LogP contribution in [0.15, 0.2) is 77.9 Å². The lowest BCUT2D eigenvalue weighted by Crippen LogP contribution is -2.20. The van der Waals surface area contributed by atoms with Gasteiger partial charge in [0.05, 0.1) is 16.8 Å². The highest BCUT2D eigenvalue weighted by molar-refractivity contribution is 6.32. The fraction of sp³-hybridized carbons (Fsp3) is 0.0870. The molecule has 0 aliphatic rings. The molecule has 0 saturated carbocycles. The van der Waals surface area contributed by atoms with Crippen molar-refractivity contribution in [1.29, 1.82) is 0 Å². The maximum absolute atomic E-state index is 12.8. The summed E-state index contributed by atoms with van der Waals surface area (Å²) in [4.78, 5) is 24.0. The Bertz CT molecular complexity index is 1170. The Morgan fingerprint density at radius 2 is 1.76 bits per heavy atom. The summed E-state index contributed by atoms with van der Waals surface area (Å²) in [5.41, 5.74) is 2.17. The van der Waals surface area contributed by atoms with E-state index < -0.39 is 17.6 Å². The number of amides is 2. The second kappa shape index (κ2) is 10.6. The third-order valence-corrected chi connectivity index (χ3v) is 4.50. The normalized spacial score (nSPS) is 11.3. The first kappa shape index (κ1) is 23.8. The van der Waals surface area contributed by atoms with Gasteiger partial charge in [-0.2, -0.15) is 18.3 Å². The smallest absolute Gasteiger partial charge is 0.416 e. The first-order valence-electron chi connectivity index (χ1n) is 9.50. The highest BCUT2D eigenvalue weighted by Gasteiger charge is 2.30. The number of rotatable bonds is 7. The van der Waals surface area contributed by atoms with Gasteiger partial charge in [-0.05, 0) is 54.1 Å². The molecule has 0 radical (unpaired) electrons. The van der Waals surface area contributed by atoms with E-state index >= 15 is 0 Å². The average molecular weight is 476 g/mol. The molecule has 3 rings (SSSR count). The fourth-order valence-corrected chi connectivity index (χ4v) is 2.89. The van der Waals surface area contributed by atoms with Gasteiger partial charge in [0.15, 0.2) is 6.61 Å². The number of anilines is 1. The number of hydrazone groups is 1. The quantitative estimate of drug-likeness (QED) is 0.367. The molecule has 0 aliphatic heterocycles. The van der Waals surface area contributed by atoms with Gasteiger partial charge in [0, 0.05) is 11.3 Å². The first-order valence-corrected chi connectivity index (χ1v) is 9.88. The Kier molecular flexibility index (Phi) is 7.68. The van der Waals surface area contributed by atoms with Gasteiger partial charge in [-0.25, -0.2) is 5.43 Å². The van der Waals surface area contributed by atoms with Crippen LogP contribution in [0.2, 0.25) is 5.02 Å². The predicted molar refractivity (Wildman–Crippen MR) is 119 cm³/mol. The zero-order chi connectivity index (χ0) is 23.8. The van der Waals surface area contributed by atoms with Crippen LogP contribution in [0.1, 0.15) is 21.5 Å². The van der Waals surface area contributed by atoms with Crippen LogP contribution in [0.4, 0.5) is 18.9 Å². The Morgan fingerprint density at radius 3 is 2.45 bits per heavy atom. The minimum atomic E-state index is -4.55. The molecule has 10 heteroatoms. The van der Waals surface area contributed by atoms with Crippen molar-refractivity contribution < 1.29 is 27.5 Å².